The second-order valence-electron chi connectivity index (χ2n) is 4.95. The van der Waals surface area contributed by atoms with E-state index in [1.54, 1.807) is 0 Å². The van der Waals surface area contributed by atoms with Gasteiger partial charge in [0.25, 0.3) is 0 Å². The van der Waals surface area contributed by atoms with E-state index in [-0.39, 0.29) is 0 Å². The van der Waals surface area contributed by atoms with Crippen molar-refractivity contribution in [3.05, 3.63) is 11.8 Å². The average molecular weight is 166 g/mol. The normalized spacial score (nSPS) is 38.4. The standard InChI is InChI=1S/C11H18O/c1-8-4-5-9-10(6-8)12-7-11(9,2)3/h6,8-9H,4-5,7H2,1-3H3. The summed E-state index contributed by atoms with van der Waals surface area (Å²) in [6.07, 6.45) is 4.98. The third-order valence-electron chi connectivity index (χ3n) is 3.26. The fourth-order valence-electron chi connectivity index (χ4n) is 2.35. The maximum Gasteiger partial charge on any atom is 0.0960 e. The summed E-state index contributed by atoms with van der Waals surface area (Å²) in [5.74, 6) is 2.71. The second kappa shape index (κ2) is 2.51. The van der Waals surface area contributed by atoms with Crippen LogP contribution in [0.2, 0.25) is 0 Å². The summed E-state index contributed by atoms with van der Waals surface area (Å²) in [6.45, 7) is 7.82. The van der Waals surface area contributed by atoms with Crippen molar-refractivity contribution in [2.24, 2.45) is 17.3 Å². The lowest BCUT2D eigenvalue weighted by molar-refractivity contribution is 0.200. The monoisotopic (exact) mass is 166 g/mol. The molecule has 0 radical (unpaired) electrons. The molecule has 68 valence electrons. The topological polar surface area (TPSA) is 9.23 Å². The van der Waals surface area contributed by atoms with Crippen molar-refractivity contribution < 1.29 is 4.74 Å². The summed E-state index contributed by atoms with van der Waals surface area (Å²) < 4.78 is 5.70. The number of hydrogen-bond acceptors (Lipinski definition) is 1. The zero-order valence-electron chi connectivity index (χ0n) is 8.26. The highest BCUT2D eigenvalue weighted by atomic mass is 16.5. The summed E-state index contributed by atoms with van der Waals surface area (Å²) >= 11 is 0. The smallest absolute Gasteiger partial charge is 0.0960 e. The van der Waals surface area contributed by atoms with Crippen LogP contribution in [0.5, 0.6) is 0 Å². The van der Waals surface area contributed by atoms with Gasteiger partial charge in [0.15, 0.2) is 0 Å². The minimum absolute atomic E-state index is 0.381. The Labute approximate surface area is 74.8 Å². The van der Waals surface area contributed by atoms with Crippen LogP contribution in [-0.2, 0) is 4.74 Å². The first kappa shape index (κ1) is 8.15. The number of allylic oxidation sites excluding steroid dienone is 2. The minimum Gasteiger partial charge on any atom is -0.497 e. The molecule has 12 heavy (non-hydrogen) atoms. The first-order valence-corrected chi connectivity index (χ1v) is 4.94. The zero-order valence-corrected chi connectivity index (χ0v) is 8.26. The molecule has 1 heteroatoms. The molecule has 0 saturated carbocycles. The van der Waals surface area contributed by atoms with Crippen LogP contribution in [0.25, 0.3) is 0 Å². The van der Waals surface area contributed by atoms with Crippen molar-refractivity contribution in [3.63, 3.8) is 0 Å². The quantitative estimate of drug-likeness (QED) is 0.537. The number of hydrogen-bond donors (Lipinski definition) is 0. The van der Waals surface area contributed by atoms with Gasteiger partial charge < -0.3 is 4.74 Å². The Bertz CT molecular complexity index is 215. The molecule has 0 aromatic heterocycles. The van der Waals surface area contributed by atoms with Gasteiger partial charge in [0.1, 0.15) is 0 Å². The maximum atomic E-state index is 5.70. The van der Waals surface area contributed by atoms with Gasteiger partial charge in [-0.1, -0.05) is 20.8 Å². The predicted molar refractivity (Wildman–Crippen MR) is 49.7 cm³/mol. The van der Waals surface area contributed by atoms with Gasteiger partial charge in [-0.25, -0.2) is 0 Å². The fourth-order valence-corrected chi connectivity index (χ4v) is 2.35. The van der Waals surface area contributed by atoms with Gasteiger partial charge in [-0.15, -0.1) is 0 Å². The van der Waals surface area contributed by atoms with Crippen LogP contribution in [-0.4, -0.2) is 6.61 Å². The van der Waals surface area contributed by atoms with Crippen molar-refractivity contribution >= 4 is 0 Å². The molecule has 2 aliphatic rings. The van der Waals surface area contributed by atoms with Gasteiger partial charge in [-0.3, -0.25) is 0 Å². The van der Waals surface area contributed by atoms with Gasteiger partial charge in [-0.2, -0.15) is 0 Å². The van der Waals surface area contributed by atoms with Crippen LogP contribution >= 0.6 is 0 Å². The Morgan fingerprint density at radius 2 is 2.17 bits per heavy atom. The molecular weight excluding hydrogens is 148 g/mol. The van der Waals surface area contributed by atoms with Crippen molar-refractivity contribution in [3.8, 4) is 0 Å². The van der Waals surface area contributed by atoms with Crippen LogP contribution < -0.4 is 0 Å². The Balaban J connectivity index is 2.24. The molecule has 0 aromatic rings. The van der Waals surface area contributed by atoms with Gasteiger partial charge in [0, 0.05) is 11.3 Å². The van der Waals surface area contributed by atoms with E-state index < -0.39 is 0 Å². The fraction of sp³-hybridized carbons (Fsp3) is 0.818. The minimum atomic E-state index is 0.381. The average Bonchev–Trinajstić information content (AvgIpc) is 2.27. The lowest BCUT2D eigenvalue weighted by atomic mass is 9.74. The van der Waals surface area contributed by atoms with Crippen LogP contribution in [0.15, 0.2) is 11.8 Å². The third-order valence-corrected chi connectivity index (χ3v) is 3.26. The van der Waals surface area contributed by atoms with E-state index in [1.165, 1.54) is 18.6 Å². The summed E-state index contributed by atoms with van der Waals surface area (Å²) in [6, 6.07) is 0. The predicted octanol–water partition coefficient (Wildman–Crippen LogP) is 2.97. The lowest BCUT2D eigenvalue weighted by Gasteiger charge is -2.27. The van der Waals surface area contributed by atoms with Gasteiger partial charge >= 0.3 is 0 Å². The number of fused-ring (bicyclic) bond motifs is 1. The molecular formula is C11H18O. The Morgan fingerprint density at radius 3 is 2.92 bits per heavy atom. The van der Waals surface area contributed by atoms with Crippen molar-refractivity contribution in [1.29, 1.82) is 0 Å². The van der Waals surface area contributed by atoms with E-state index in [0.717, 1.165) is 12.5 Å². The molecule has 1 heterocycles. The van der Waals surface area contributed by atoms with Crippen LogP contribution in [0.1, 0.15) is 33.6 Å². The highest BCUT2D eigenvalue weighted by molar-refractivity contribution is 5.13. The molecule has 2 atom stereocenters. The SMILES string of the molecule is CC1C=C2OCC(C)(C)C2CC1. The molecule has 1 aliphatic carbocycles. The van der Waals surface area contributed by atoms with Crippen LogP contribution in [0, 0.1) is 17.3 Å². The molecule has 0 spiro atoms. The van der Waals surface area contributed by atoms with Gasteiger partial charge in [0.2, 0.25) is 0 Å². The number of rotatable bonds is 0. The van der Waals surface area contributed by atoms with Crippen molar-refractivity contribution in [1.82, 2.24) is 0 Å². The first-order chi connectivity index (χ1) is 5.59. The van der Waals surface area contributed by atoms with Gasteiger partial charge in [0.05, 0.1) is 12.4 Å². The highest BCUT2D eigenvalue weighted by Crippen LogP contribution is 2.46. The largest absolute Gasteiger partial charge is 0.497 e. The summed E-state index contributed by atoms with van der Waals surface area (Å²) in [4.78, 5) is 0. The third kappa shape index (κ3) is 1.16. The first-order valence-electron chi connectivity index (χ1n) is 4.94. The Kier molecular flexibility index (Phi) is 1.71. The molecule has 0 bridgehead atoms. The number of ether oxygens (including phenoxy) is 1. The summed E-state index contributed by atoms with van der Waals surface area (Å²) in [7, 11) is 0. The molecule has 2 unspecified atom stereocenters. The van der Waals surface area contributed by atoms with E-state index in [0.29, 0.717) is 11.3 Å². The molecule has 1 saturated heterocycles. The van der Waals surface area contributed by atoms with E-state index >= 15 is 0 Å². The molecule has 1 aliphatic heterocycles. The summed E-state index contributed by atoms with van der Waals surface area (Å²) in [5, 5.41) is 0. The molecule has 2 rings (SSSR count). The lowest BCUT2D eigenvalue weighted by Crippen LogP contribution is -2.23. The molecule has 0 N–H and O–H groups in total. The van der Waals surface area contributed by atoms with E-state index in [4.69, 9.17) is 4.74 Å². The van der Waals surface area contributed by atoms with E-state index in [1.807, 2.05) is 0 Å². The maximum absolute atomic E-state index is 5.70. The Morgan fingerprint density at radius 1 is 1.42 bits per heavy atom. The van der Waals surface area contributed by atoms with Crippen molar-refractivity contribution in [2.45, 2.75) is 33.6 Å². The molecule has 1 fully saturated rings. The highest BCUT2D eigenvalue weighted by Gasteiger charge is 2.41. The van der Waals surface area contributed by atoms with E-state index in [2.05, 4.69) is 26.8 Å². The summed E-state index contributed by atoms with van der Waals surface area (Å²) in [5.41, 5.74) is 0.381. The van der Waals surface area contributed by atoms with Crippen molar-refractivity contribution in [2.75, 3.05) is 6.61 Å². The van der Waals surface area contributed by atoms with Crippen LogP contribution in [0.3, 0.4) is 0 Å². The van der Waals surface area contributed by atoms with E-state index in [9.17, 15) is 0 Å². The molecule has 0 aromatic carbocycles. The second-order valence-corrected chi connectivity index (χ2v) is 4.95. The van der Waals surface area contributed by atoms with Crippen LogP contribution in [0.4, 0.5) is 0 Å². The Hall–Kier alpha value is -0.460. The molecule has 0 amide bonds. The zero-order chi connectivity index (χ0) is 8.77. The van der Waals surface area contributed by atoms with Gasteiger partial charge in [-0.05, 0) is 24.8 Å². The molecule has 1 nitrogen and oxygen atoms in total.